The SMILES string of the molecule is CC(C)(C)C(=O)c1sc(N)nc1-c1ccc(P2(=O)OCC[C@@H](c3cccc(Cl)c3)O2)o1. The third kappa shape index (κ3) is 4.49. The van der Waals surface area contributed by atoms with Gasteiger partial charge >= 0.3 is 7.60 Å². The standard InChI is InChI=1S/C21H22ClN2O5PS/c1-21(2,3)19(25)18-17(24-20(23)31-18)15-7-8-16(28-15)30(26)27-10-9-14(29-30)12-5-4-6-13(22)11-12/h4-8,11,14H,9-10H2,1-3H3,(H2,23,24)/t14-,30?/m0/s1. The van der Waals surface area contributed by atoms with Crippen LogP contribution in [0.15, 0.2) is 40.8 Å². The number of nitrogens with zero attached hydrogens (tertiary/aromatic N) is 1. The number of halogens is 1. The molecule has 1 fully saturated rings. The summed E-state index contributed by atoms with van der Waals surface area (Å²) in [7, 11) is -3.72. The maximum atomic E-state index is 13.5. The van der Waals surface area contributed by atoms with E-state index in [4.69, 9.17) is 30.8 Å². The smallest absolute Gasteiger partial charge is 0.396 e. The summed E-state index contributed by atoms with van der Waals surface area (Å²) in [6.07, 6.45) is 0.0878. The second kappa shape index (κ2) is 8.19. The largest absolute Gasteiger partial charge is 0.446 e. The Bertz CT molecular complexity index is 1180. The second-order valence-electron chi connectivity index (χ2n) is 8.22. The molecule has 2 aromatic heterocycles. The highest BCUT2D eigenvalue weighted by Crippen LogP contribution is 2.55. The molecule has 0 radical (unpaired) electrons. The van der Waals surface area contributed by atoms with Crippen molar-refractivity contribution >= 4 is 46.9 Å². The van der Waals surface area contributed by atoms with Crippen LogP contribution in [0, 0.1) is 5.41 Å². The quantitative estimate of drug-likeness (QED) is 0.368. The fourth-order valence-corrected chi connectivity index (χ4v) is 6.03. The van der Waals surface area contributed by atoms with Gasteiger partial charge in [0.05, 0.1) is 12.7 Å². The molecular weight excluding hydrogens is 459 g/mol. The molecule has 4 rings (SSSR count). The van der Waals surface area contributed by atoms with Crippen molar-refractivity contribution in [3.05, 3.63) is 51.9 Å². The van der Waals surface area contributed by atoms with Crippen LogP contribution in [0.2, 0.25) is 5.02 Å². The van der Waals surface area contributed by atoms with Crippen LogP contribution in [-0.2, 0) is 13.6 Å². The lowest BCUT2D eigenvalue weighted by atomic mass is 9.89. The van der Waals surface area contributed by atoms with Crippen molar-refractivity contribution in [3.63, 3.8) is 0 Å². The van der Waals surface area contributed by atoms with Crippen molar-refractivity contribution < 1.29 is 22.8 Å². The van der Waals surface area contributed by atoms with Gasteiger partial charge in [-0.1, -0.05) is 55.8 Å². The maximum absolute atomic E-state index is 13.5. The number of hydrogen-bond acceptors (Lipinski definition) is 8. The van der Waals surface area contributed by atoms with Crippen molar-refractivity contribution in [1.29, 1.82) is 0 Å². The van der Waals surface area contributed by atoms with E-state index in [9.17, 15) is 9.36 Å². The lowest BCUT2D eigenvalue weighted by molar-refractivity contribution is 0.0853. The van der Waals surface area contributed by atoms with Crippen LogP contribution in [0.5, 0.6) is 0 Å². The van der Waals surface area contributed by atoms with E-state index in [-0.39, 0.29) is 28.8 Å². The van der Waals surface area contributed by atoms with Gasteiger partial charge in [-0.3, -0.25) is 13.9 Å². The number of anilines is 1. The third-order valence-corrected chi connectivity index (χ3v) is 7.71. The summed E-state index contributed by atoms with van der Waals surface area (Å²) < 4.78 is 30.7. The predicted octanol–water partition coefficient (Wildman–Crippen LogP) is 5.86. The number of hydrogen-bond donors (Lipinski definition) is 1. The number of nitrogen functional groups attached to an aromatic ring is 1. The molecule has 0 saturated carbocycles. The van der Waals surface area contributed by atoms with E-state index in [1.165, 1.54) is 6.07 Å². The van der Waals surface area contributed by atoms with Crippen LogP contribution in [0.1, 0.15) is 48.5 Å². The van der Waals surface area contributed by atoms with Gasteiger partial charge in [0.25, 0.3) is 0 Å². The number of aromatic nitrogens is 1. The van der Waals surface area contributed by atoms with Crippen molar-refractivity contribution in [1.82, 2.24) is 4.98 Å². The van der Waals surface area contributed by atoms with E-state index in [1.807, 2.05) is 32.9 Å². The minimum atomic E-state index is -3.72. The molecule has 1 saturated heterocycles. The monoisotopic (exact) mass is 480 g/mol. The minimum absolute atomic E-state index is 0.0509. The average molecular weight is 481 g/mol. The van der Waals surface area contributed by atoms with E-state index >= 15 is 0 Å². The maximum Gasteiger partial charge on any atom is 0.396 e. The highest BCUT2D eigenvalue weighted by molar-refractivity contribution is 7.61. The first-order valence-electron chi connectivity index (χ1n) is 9.67. The average Bonchev–Trinajstić information content (AvgIpc) is 3.34. The molecule has 0 spiro atoms. The van der Waals surface area contributed by atoms with Crippen LogP contribution >= 0.6 is 30.5 Å². The van der Waals surface area contributed by atoms with Gasteiger partial charge in [0.15, 0.2) is 16.7 Å². The molecule has 1 aliphatic rings. The normalized spacial score (nSPS) is 21.9. The fourth-order valence-electron chi connectivity index (χ4n) is 3.18. The first kappa shape index (κ1) is 22.2. The topological polar surface area (TPSA) is 105 Å². The Morgan fingerprint density at radius 2 is 2.06 bits per heavy atom. The lowest BCUT2D eigenvalue weighted by Gasteiger charge is -2.28. The molecule has 2 N–H and O–H groups in total. The van der Waals surface area contributed by atoms with Gasteiger partial charge in [-0.15, -0.1) is 0 Å². The van der Waals surface area contributed by atoms with E-state index in [0.29, 0.717) is 22.0 Å². The number of thiazole rings is 1. The van der Waals surface area contributed by atoms with Gasteiger partial charge in [-0.25, -0.2) is 4.98 Å². The Hall–Kier alpha value is -1.96. The molecule has 7 nitrogen and oxygen atoms in total. The van der Waals surface area contributed by atoms with Crippen LogP contribution in [0.4, 0.5) is 5.13 Å². The number of rotatable bonds is 4. The Labute approximate surface area is 189 Å². The fraction of sp³-hybridized carbons (Fsp3) is 0.333. The van der Waals surface area contributed by atoms with E-state index in [0.717, 1.165) is 16.9 Å². The van der Waals surface area contributed by atoms with E-state index < -0.39 is 19.1 Å². The number of furan rings is 1. The number of nitrogens with two attached hydrogens (primary N) is 1. The zero-order valence-electron chi connectivity index (χ0n) is 17.3. The highest BCUT2D eigenvalue weighted by atomic mass is 35.5. The molecule has 3 heterocycles. The van der Waals surface area contributed by atoms with Crippen LogP contribution in [0.3, 0.4) is 0 Å². The zero-order chi connectivity index (χ0) is 22.4. The van der Waals surface area contributed by atoms with Crippen LogP contribution in [0.25, 0.3) is 11.5 Å². The summed E-state index contributed by atoms with van der Waals surface area (Å²) in [6.45, 7) is 5.70. The molecule has 0 amide bonds. The molecule has 164 valence electrons. The van der Waals surface area contributed by atoms with Gasteiger partial charge in [-0.05, 0) is 29.8 Å². The Balaban J connectivity index is 1.65. The molecule has 31 heavy (non-hydrogen) atoms. The number of benzene rings is 1. The first-order valence-corrected chi connectivity index (χ1v) is 12.4. The van der Waals surface area contributed by atoms with Crippen molar-refractivity contribution in [3.8, 4) is 11.5 Å². The van der Waals surface area contributed by atoms with Gasteiger partial charge in [0.1, 0.15) is 10.6 Å². The number of Topliss-reactive ketones (excluding diaryl/α,β-unsaturated/α-hetero) is 1. The molecule has 0 aliphatic carbocycles. The van der Waals surface area contributed by atoms with Gasteiger partial charge in [-0.2, -0.15) is 0 Å². The molecule has 2 atom stereocenters. The molecule has 10 heteroatoms. The second-order valence-corrected chi connectivity index (χ2v) is 11.6. The Morgan fingerprint density at radius 1 is 1.29 bits per heavy atom. The van der Waals surface area contributed by atoms with E-state index in [2.05, 4.69) is 4.98 Å². The first-order chi connectivity index (χ1) is 14.6. The van der Waals surface area contributed by atoms with Gasteiger partial charge in [0.2, 0.25) is 5.50 Å². The molecular formula is C21H22ClN2O5PS. The summed E-state index contributed by atoms with van der Waals surface area (Å²) >= 11 is 7.18. The van der Waals surface area contributed by atoms with Crippen molar-refractivity contribution in [2.75, 3.05) is 12.3 Å². The highest BCUT2D eigenvalue weighted by Gasteiger charge is 2.40. The van der Waals surface area contributed by atoms with Crippen LogP contribution < -0.4 is 11.2 Å². The Morgan fingerprint density at radius 3 is 2.77 bits per heavy atom. The zero-order valence-corrected chi connectivity index (χ0v) is 19.7. The molecule has 1 aromatic carbocycles. The van der Waals surface area contributed by atoms with E-state index in [1.54, 1.807) is 18.2 Å². The summed E-state index contributed by atoms with van der Waals surface area (Å²) in [5.74, 6) is 0.176. The predicted molar refractivity (Wildman–Crippen MR) is 121 cm³/mol. The molecule has 0 bridgehead atoms. The lowest BCUT2D eigenvalue weighted by Crippen LogP contribution is -2.20. The van der Waals surface area contributed by atoms with Gasteiger partial charge < -0.3 is 14.7 Å². The number of carbonyl (C=O) groups is 1. The molecule has 1 unspecified atom stereocenters. The van der Waals surface area contributed by atoms with Gasteiger partial charge in [0, 0.05) is 16.9 Å². The molecule has 1 aliphatic heterocycles. The third-order valence-electron chi connectivity index (χ3n) is 4.75. The number of carbonyl (C=O) groups excluding carboxylic acids is 1. The van der Waals surface area contributed by atoms with Crippen LogP contribution in [-0.4, -0.2) is 17.4 Å². The van der Waals surface area contributed by atoms with Crippen molar-refractivity contribution in [2.45, 2.75) is 33.3 Å². The molecule has 3 aromatic rings. The summed E-state index contributed by atoms with van der Waals surface area (Å²) in [5, 5.41) is 0.818. The summed E-state index contributed by atoms with van der Waals surface area (Å²) in [5.41, 5.74) is 6.44. The number of ketones is 1. The summed E-state index contributed by atoms with van der Waals surface area (Å²) in [4.78, 5) is 17.5. The minimum Gasteiger partial charge on any atom is -0.446 e. The van der Waals surface area contributed by atoms with Crippen molar-refractivity contribution in [2.24, 2.45) is 5.41 Å². The summed E-state index contributed by atoms with van der Waals surface area (Å²) in [6, 6.07) is 10.3. The Kier molecular flexibility index (Phi) is 5.87.